The minimum Gasteiger partial charge on any atom is -0.383 e. The normalized spacial score (nSPS) is 11.3. The molecule has 35 heavy (non-hydrogen) atoms. The van der Waals surface area contributed by atoms with Crippen LogP contribution in [0.25, 0.3) is 5.69 Å². The Balaban J connectivity index is 1.92. The first-order chi connectivity index (χ1) is 16.6. The maximum atomic E-state index is 13.4. The number of aryl methyl sites for hydroxylation is 2. The molecule has 1 aromatic carbocycles. The Morgan fingerprint density at radius 3 is 2.49 bits per heavy atom. The first kappa shape index (κ1) is 26.3. The molecule has 0 aliphatic heterocycles. The molecule has 0 saturated heterocycles. The van der Waals surface area contributed by atoms with E-state index in [4.69, 9.17) is 5.73 Å². The molecule has 2 aromatic heterocycles. The van der Waals surface area contributed by atoms with E-state index in [0.29, 0.717) is 30.5 Å². The number of nitrogens with one attached hydrogen (secondary N) is 1. The molecule has 1 amide bonds. The van der Waals surface area contributed by atoms with Crippen molar-refractivity contribution in [2.45, 2.75) is 59.2 Å². The van der Waals surface area contributed by atoms with Gasteiger partial charge in [0.25, 0.3) is 5.56 Å². The number of anilines is 2. The molecule has 0 radical (unpaired) electrons. The van der Waals surface area contributed by atoms with Crippen LogP contribution in [0.2, 0.25) is 0 Å². The Labute approximate surface area is 208 Å². The van der Waals surface area contributed by atoms with Gasteiger partial charge in [0.05, 0.1) is 5.75 Å². The van der Waals surface area contributed by atoms with Crippen LogP contribution in [-0.4, -0.2) is 42.5 Å². The van der Waals surface area contributed by atoms with Crippen LogP contribution in [0.5, 0.6) is 0 Å². The Morgan fingerprint density at radius 1 is 1.17 bits per heavy atom. The topological polar surface area (TPSA) is 132 Å². The summed E-state index contributed by atoms with van der Waals surface area (Å²) in [6.45, 7) is 10.4. The molecule has 3 aromatic rings. The Kier molecular flexibility index (Phi) is 8.55. The predicted molar refractivity (Wildman–Crippen MR) is 139 cm³/mol. The second-order valence-corrected chi connectivity index (χ2v) is 9.83. The van der Waals surface area contributed by atoms with E-state index < -0.39 is 11.2 Å². The molecule has 11 heteroatoms. The van der Waals surface area contributed by atoms with Crippen molar-refractivity contribution in [2.75, 3.05) is 22.9 Å². The third-order valence-electron chi connectivity index (χ3n) is 5.48. The van der Waals surface area contributed by atoms with E-state index >= 15 is 0 Å². The zero-order valence-electron chi connectivity index (χ0n) is 20.9. The molecule has 0 spiro atoms. The van der Waals surface area contributed by atoms with Gasteiger partial charge in [0, 0.05) is 18.8 Å². The maximum Gasteiger partial charge on any atom is 0.330 e. The zero-order chi connectivity index (χ0) is 25.7. The molecule has 0 aliphatic carbocycles. The molecule has 0 bridgehead atoms. The van der Waals surface area contributed by atoms with Gasteiger partial charge < -0.3 is 10.6 Å². The highest BCUT2D eigenvalue weighted by atomic mass is 32.2. The van der Waals surface area contributed by atoms with Gasteiger partial charge in [-0.1, -0.05) is 56.7 Å². The van der Waals surface area contributed by atoms with E-state index in [2.05, 4.69) is 15.2 Å². The van der Waals surface area contributed by atoms with Crippen LogP contribution in [-0.2, 0) is 11.3 Å². The van der Waals surface area contributed by atoms with Crippen molar-refractivity contribution in [3.05, 3.63) is 56.5 Å². The first-order valence-corrected chi connectivity index (χ1v) is 12.7. The number of hydrogen-bond donors (Lipinski definition) is 2. The lowest BCUT2D eigenvalue weighted by molar-refractivity contribution is -0.116. The predicted octanol–water partition coefficient (Wildman–Crippen LogP) is 2.90. The largest absolute Gasteiger partial charge is 0.383 e. The highest BCUT2D eigenvalue weighted by molar-refractivity contribution is 7.99. The first-order valence-electron chi connectivity index (χ1n) is 11.7. The van der Waals surface area contributed by atoms with Crippen LogP contribution in [0.3, 0.4) is 0 Å². The number of hydrogen-bond acceptors (Lipinski definition) is 7. The van der Waals surface area contributed by atoms with Crippen LogP contribution >= 0.6 is 11.8 Å². The van der Waals surface area contributed by atoms with Crippen molar-refractivity contribution >= 4 is 29.2 Å². The average Bonchev–Trinajstić information content (AvgIpc) is 3.17. The fourth-order valence-electron chi connectivity index (χ4n) is 3.69. The lowest BCUT2D eigenvalue weighted by Crippen LogP contribution is -2.42. The summed E-state index contributed by atoms with van der Waals surface area (Å²) in [5, 5.41) is 8.99. The van der Waals surface area contributed by atoms with E-state index in [1.54, 1.807) is 0 Å². The number of amides is 1. The van der Waals surface area contributed by atoms with Gasteiger partial charge in [-0.3, -0.25) is 23.7 Å². The van der Waals surface area contributed by atoms with Gasteiger partial charge in [-0.15, -0.1) is 10.2 Å². The van der Waals surface area contributed by atoms with Gasteiger partial charge in [-0.25, -0.2) is 4.79 Å². The molecule has 0 unspecified atom stereocenters. The number of nitrogen functional groups attached to an aromatic ring is 1. The lowest BCUT2D eigenvalue weighted by Gasteiger charge is -2.24. The number of nitrogens with two attached hydrogens (primary N) is 1. The lowest BCUT2D eigenvalue weighted by atomic mass is 10.2. The van der Waals surface area contributed by atoms with Crippen molar-refractivity contribution in [3.8, 4) is 5.69 Å². The summed E-state index contributed by atoms with van der Waals surface area (Å²) in [7, 11) is 0. The van der Waals surface area contributed by atoms with Gasteiger partial charge in [0.2, 0.25) is 5.91 Å². The summed E-state index contributed by atoms with van der Waals surface area (Å²) < 4.78 is 3.20. The molecular formula is C24H33N7O3S. The summed E-state index contributed by atoms with van der Waals surface area (Å²) in [6.07, 6.45) is 1.50. The number of thioether (sulfide) groups is 1. The zero-order valence-corrected chi connectivity index (χ0v) is 21.7. The van der Waals surface area contributed by atoms with Gasteiger partial charge in [-0.2, -0.15) is 0 Å². The van der Waals surface area contributed by atoms with Crippen LogP contribution in [0.4, 0.5) is 11.5 Å². The highest BCUT2D eigenvalue weighted by Crippen LogP contribution is 2.24. The fourth-order valence-corrected chi connectivity index (χ4v) is 4.57. The molecule has 2 heterocycles. The number of benzene rings is 1. The van der Waals surface area contributed by atoms with Crippen LogP contribution in [0, 0.1) is 19.8 Å². The molecule has 0 saturated carbocycles. The second kappa shape index (κ2) is 11.4. The molecular weight excluding hydrogens is 466 g/mol. The molecule has 188 valence electrons. The summed E-state index contributed by atoms with van der Waals surface area (Å²) in [5.41, 5.74) is 7.09. The smallest absolute Gasteiger partial charge is 0.330 e. The molecule has 3 rings (SSSR count). The van der Waals surface area contributed by atoms with E-state index in [-0.39, 0.29) is 29.1 Å². The van der Waals surface area contributed by atoms with E-state index in [1.807, 2.05) is 63.5 Å². The molecule has 10 nitrogen and oxygen atoms in total. The Bertz CT molecular complexity index is 1290. The standard InChI is InChI=1S/C24H33N7O3S/c1-6-7-12-29(20-21(25)30(13-15(2)3)23(34)26-22(20)33)19(32)14-35-24-28-27-17(5)31(24)18-10-8-16(4)9-11-18/h8-11,15H,6-7,12-14,25H2,1-5H3,(H,26,33,34). The molecule has 0 aliphatic rings. The number of carbonyl (C=O) groups is 1. The Hall–Kier alpha value is -3.34. The SMILES string of the molecule is CCCCN(C(=O)CSc1nnc(C)n1-c1ccc(C)cc1)c1c(N)n(CC(C)C)c(=O)[nH]c1=O. The summed E-state index contributed by atoms with van der Waals surface area (Å²) >= 11 is 1.24. The number of carbonyl (C=O) groups excluding carboxylic acids is 1. The highest BCUT2D eigenvalue weighted by Gasteiger charge is 2.25. The molecule has 3 N–H and O–H groups in total. The second-order valence-electron chi connectivity index (χ2n) is 8.89. The van der Waals surface area contributed by atoms with Crippen molar-refractivity contribution in [1.29, 1.82) is 0 Å². The third-order valence-corrected chi connectivity index (χ3v) is 6.39. The number of H-pyrrole nitrogens is 1. The minimum atomic E-state index is -0.666. The van der Waals surface area contributed by atoms with Gasteiger partial charge in [-0.05, 0) is 38.3 Å². The summed E-state index contributed by atoms with van der Waals surface area (Å²) in [6, 6.07) is 7.96. The van der Waals surface area contributed by atoms with Crippen molar-refractivity contribution < 1.29 is 4.79 Å². The van der Waals surface area contributed by atoms with Crippen LogP contribution in [0.15, 0.2) is 39.0 Å². The van der Waals surface area contributed by atoms with Crippen molar-refractivity contribution in [3.63, 3.8) is 0 Å². The minimum absolute atomic E-state index is 0.000527. The van der Waals surface area contributed by atoms with Crippen molar-refractivity contribution in [1.82, 2.24) is 24.3 Å². The van der Waals surface area contributed by atoms with Gasteiger partial charge >= 0.3 is 5.69 Å². The summed E-state index contributed by atoms with van der Waals surface area (Å²) in [4.78, 5) is 42.2. The third kappa shape index (κ3) is 6.02. The number of nitrogens with zero attached hydrogens (tertiary/aromatic N) is 5. The van der Waals surface area contributed by atoms with E-state index in [0.717, 1.165) is 17.7 Å². The number of aromatic nitrogens is 5. The Morgan fingerprint density at radius 2 is 1.86 bits per heavy atom. The fraction of sp³-hybridized carbons (Fsp3) is 0.458. The molecule has 0 fully saturated rings. The quantitative estimate of drug-likeness (QED) is 0.410. The number of unbranched alkanes of at least 4 members (excludes halogenated alkanes) is 1. The van der Waals surface area contributed by atoms with E-state index in [1.165, 1.54) is 21.2 Å². The van der Waals surface area contributed by atoms with Gasteiger partial charge in [0.15, 0.2) is 10.8 Å². The monoisotopic (exact) mass is 499 g/mol. The van der Waals surface area contributed by atoms with Crippen molar-refractivity contribution in [2.24, 2.45) is 5.92 Å². The van der Waals surface area contributed by atoms with E-state index in [9.17, 15) is 14.4 Å². The molecule has 0 atom stereocenters. The maximum absolute atomic E-state index is 13.4. The average molecular weight is 500 g/mol. The number of rotatable bonds is 10. The van der Waals surface area contributed by atoms with Crippen LogP contribution in [0.1, 0.15) is 45.0 Å². The van der Waals surface area contributed by atoms with Crippen LogP contribution < -0.4 is 21.9 Å². The summed E-state index contributed by atoms with van der Waals surface area (Å²) in [5.74, 6) is 0.552. The number of aromatic amines is 1. The van der Waals surface area contributed by atoms with Gasteiger partial charge in [0.1, 0.15) is 11.6 Å².